The number of hydrogen-bond donors (Lipinski definition) is 0. The van der Waals surface area contributed by atoms with Crippen LogP contribution in [0.1, 0.15) is 33.6 Å². The van der Waals surface area contributed by atoms with Crippen LogP contribution in [0.4, 0.5) is 0 Å². The molecule has 0 radical (unpaired) electrons. The van der Waals surface area contributed by atoms with Gasteiger partial charge in [0.05, 0.1) is 0 Å². The summed E-state index contributed by atoms with van der Waals surface area (Å²) < 4.78 is 0. The molecule has 0 saturated heterocycles. The fourth-order valence-corrected chi connectivity index (χ4v) is 0.892. The van der Waals surface area contributed by atoms with Crippen molar-refractivity contribution in [2.75, 3.05) is 0 Å². The molecular weight excluding hydrogens is 144 g/mol. The van der Waals surface area contributed by atoms with Crippen molar-refractivity contribution in [3.63, 3.8) is 0 Å². The van der Waals surface area contributed by atoms with Gasteiger partial charge >= 0.3 is 0 Å². The molecule has 0 heteroatoms. The quantitative estimate of drug-likeness (QED) is 0.423. The zero-order chi connectivity index (χ0) is 9.23. The van der Waals surface area contributed by atoms with E-state index in [2.05, 4.69) is 44.2 Å². The molecule has 0 fully saturated rings. The molecule has 0 nitrogen and oxygen atoms in total. The van der Waals surface area contributed by atoms with Crippen molar-refractivity contribution in [2.24, 2.45) is 5.92 Å². The Balaban J connectivity index is 3.64. The Hall–Kier alpha value is -0.780. The Labute approximate surface area is 76.7 Å². The lowest BCUT2D eigenvalue weighted by molar-refractivity contribution is 0.902. The fourth-order valence-electron chi connectivity index (χ4n) is 0.892. The second kappa shape index (κ2) is 8.32. The lowest BCUT2D eigenvalue weighted by Gasteiger charge is -1.95. The fraction of sp³-hybridized carbons (Fsp3) is 0.500. The van der Waals surface area contributed by atoms with Gasteiger partial charge in [0.1, 0.15) is 0 Å². The van der Waals surface area contributed by atoms with Crippen LogP contribution in [0.2, 0.25) is 0 Å². The maximum atomic E-state index is 2.25. The van der Waals surface area contributed by atoms with Gasteiger partial charge in [0, 0.05) is 0 Å². The van der Waals surface area contributed by atoms with Gasteiger partial charge in [0.25, 0.3) is 0 Å². The van der Waals surface area contributed by atoms with E-state index in [0.29, 0.717) is 5.92 Å². The minimum atomic E-state index is 0.563. The van der Waals surface area contributed by atoms with E-state index in [-0.39, 0.29) is 0 Å². The molecule has 0 rings (SSSR count). The molecule has 0 aliphatic rings. The van der Waals surface area contributed by atoms with Crippen molar-refractivity contribution in [3.8, 4) is 0 Å². The van der Waals surface area contributed by atoms with Gasteiger partial charge in [0.2, 0.25) is 0 Å². The maximum Gasteiger partial charge on any atom is -0.00788 e. The van der Waals surface area contributed by atoms with Gasteiger partial charge in [-0.15, -0.1) is 0 Å². The molecule has 0 spiro atoms. The first-order valence-electron chi connectivity index (χ1n) is 4.77. The normalized spacial score (nSPS) is 15.2. The van der Waals surface area contributed by atoms with E-state index in [1.807, 2.05) is 13.0 Å². The molecule has 0 heterocycles. The van der Waals surface area contributed by atoms with E-state index in [1.165, 1.54) is 12.8 Å². The third kappa shape index (κ3) is 7.33. The monoisotopic (exact) mass is 164 g/mol. The van der Waals surface area contributed by atoms with E-state index < -0.39 is 0 Å². The van der Waals surface area contributed by atoms with Crippen molar-refractivity contribution >= 4 is 0 Å². The number of hydrogen-bond acceptors (Lipinski definition) is 0. The summed E-state index contributed by atoms with van der Waals surface area (Å²) >= 11 is 0. The largest absolute Gasteiger partial charge is 0.0880 e. The summed E-state index contributed by atoms with van der Waals surface area (Å²) in [6, 6.07) is 0. The summed E-state index contributed by atoms with van der Waals surface area (Å²) in [5.41, 5.74) is 0. The molecule has 0 aliphatic heterocycles. The Morgan fingerprint density at radius 1 is 1.17 bits per heavy atom. The van der Waals surface area contributed by atoms with Gasteiger partial charge in [-0.25, -0.2) is 0 Å². The SMILES string of the molecule is CC=CC=CC(C)C=CCCC. The Bertz CT molecular complexity index is 161. The molecule has 0 aromatic heterocycles. The number of rotatable bonds is 5. The van der Waals surface area contributed by atoms with Crippen LogP contribution in [0.5, 0.6) is 0 Å². The molecule has 0 saturated carbocycles. The second-order valence-electron chi connectivity index (χ2n) is 2.99. The minimum absolute atomic E-state index is 0.563. The molecule has 0 aromatic rings. The third-order valence-corrected chi connectivity index (χ3v) is 1.61. The van der Waals surface area contributed by atoms with Crippen LogP contribution in [0, 0.1) is 5.92 Å². The molecule has 12 heavy (non-hydrogen) atoms. The first kappa shape index (κ1) is 11.2. The summed E-state index contributed by atoms with van der Waals surface area (Å²) in [5, 5.41) is 0. The topological polar surface area (TPSA) is 0 Å². The van der Waals surface area contributed by atoms with Crippen LogP contribution >= 0.6 is 0 Å². The Kier molecular flexibility index (Phi) is 7.78. The molecular formula is C12H20. The lowest BCUT2D eigenvalue weighted by atomic mass is 10.1. The summed E-state index contributed by atoms with van der Waals surface area (Å²) in [5.74, 6) is 0.563. The van der Waals surface area contributed by atoms with Crippen molar-refractivity contribution in [1.82, 2.24) is 0 Å². The average molecular weight is 164 g/mol. The molecule has 0 aliphatic carbocycles. The molecule has 1 unspecified atom stereocenters. The van der Waals surface area contributed by atoms with Gasteiger partial charge < -0.3 is 0 Å². The van der Waals surface area contributed by atoms with Crippen LogP contribution in [-0.2, 0) is 0 Å². The lowest BCUT2D eigenvalue weighted by Crippen LogP contribution is -1.80. The zero-order valence-corrected chi connectivity index (χ0v) is 8.46. The summed E-state index contributed by atoms with van der Waals surface area (Å²) in [4.78, 5) is 0. The highest BCUT2D eigenvalue weighted by Gasteiger charge is 1.86. The minimum Gasteiger partial charge on any atom is -0.0880 e. The standard InChI is InChI=1S/C12H20/c1-4-6-8-10-12(3)11-9-7-5-2/h4,6,8-12H,5,7H2,1-3H3. The third-order valence-electron chi connectivity index (χ3n) is 1.61. The molecule has 68 valence electrons. The van der Waals surface area contributed by atoms with Crippen molar-refractivity contribution < 1.29 is 0 Å². The highest BCUT2D eigenvalue weighted by atomic mass is 13.9. The predicted octanol–water partition coefficient (Wildman–Crippen LogP) is 4.11. The second-order valence-corrected chi connectivity index (χ2v) is 2.99. The molecule has 1 atom stereocenters. The molecule has 0 bridgehead atoms. The highest BCUT2D eigenvalue weighted by Crippen LogP contribution is 2.01. The average Bonchev–Trinajstić information content (AvgIpc) is 2.06. The summed E-state index contributed by atoms with van der Waals surface area (Å²) in [6.45, 7) is 6.43. The smallest absolute Gasteiger partial charge is 0.00788 e. The van der Waals surface area contributed by atoms with Gasteiger partial charge in [-0.3, -0.25) is 0 Å². The number of allylic oxidation sites excluding steroid dienone is 6. The Morgan fingerprint density at radius 3 is 2.50 bits per heavy atom. The van der Waals surface area contributed by atoms with Gasteiger partial charge in [-0.2, -0.15) is 0 Å². The van der Waals surface area contributed by atoms with Crippen LogP contribution in [0.25, 0.3) is 0 Å². The van der Waals surface area contributed by atoms with E-state index in [9.17, 15) is 0 Å². The Morgan fingerprint density at radius 2 is 1.92 bits per heavy atom. The number of unbranched alkanes of at least 4 members (excludes halogenated alkanes) is 1. The van der Waals surface area contributed by atoms with Crippen LogP contribution in [-0.4, -0.2) is 0 Å². The van der Waals surface area contributed by atoms with Crippen molar-refractivity contribution in [3.05, 3.63) is 36.5 Å². The summed E-state index contributed by atoms with van der Waals surface area (Å²) in [6.07, 6.45) is 15.3. The highest BCUT2D eigenvalue weighted by molar-refractivity contribution is 5.06. The van der Waals surface area contributed by atoms with Crippen molar-refractivity contribution in [2.45, 2.75) is 33.6 Å². The molecule has 0 aromatic carbocycles. The van der Waals surface area contributed by atoms with E-state index in [1.54, 1.807) is 0 Å². The van der Waals surface area contributed by atoms with E-state index in [0.717, 1.165) is 0 Å². The zero-order valence-electron chi connectivity index (χ0n) is 8.46. The van der Waals surface area contributed by atoms with Crippen molar-refractivity contribution in [1.29, 1.82) is 0 Å². The maximum absolute atomic E-state index is 2.25. The van der Waals surface area contributed by atoms with Gasteiger partial charge in [0.15, 0.2) is 0 Å². The summed E-state index contributed by atoms with van der Waals surface area (Å²) in [7, 11) is 0. The van der Waals surface area contributed by atoms with E-state index >= 15 is 0 Å². The molecule has 0 N–H and O–H groups in total. The van der Waals surface area contributed by atoms with Crippen LogP contribution < -0.4 is 0 Å². The molecule has 0 amide bonds. The first-order valence-corrected chi connectivity index (χ1v) is 4.77. The van der Waals surface area contributed by atoms with Crippen LogP contribution in [0.15, 0.2) is 36.5 Å². The first-order chi connectivity index (χ1) is 5.81. The predicted molar refractivity (Wildman–Crippen MR) is 57.2 cm³/mol. The van der Waals surface area contributed by atoms with Gasteiger partial charge in [-0.05, 0) is 19.3 Å². The van der Waals surface area contributed by atoms with E-state index in [4.69, 9.17) is 0 Å². The van der Waals surface area contributed by atoms with Crippen LogP contribution in [0.3, 0.4) is 0 Å². The van der Waals surface area contributed by atoms with Gasteiger partial charge in [-0.1, -0.05) is 56.7 Å².